The van der Waals surface area contributed by atoms with E-state index in [-0.39, 0.29) is 55.8 Å². The Morgan fingerprint density at radius 3 is 2.14 bits per heavy atom. The lowest BCUT2D eigenvalue weighted by molar-refractivity contribution is -0.633. The van der Waals surface area contributed by atoms with E-state index in [0.717, 1.165) is 27.9 Å². The van der Waals surface area contributed by atoms with Gasteiger partial charge in [0.2, 0.25) is 0 Å². The number of benzene rings is 5. The summed E-state index contributed by atoms with van der Waals surface area (Å²) in [6, 6.07) is 24.1. The van der Waals surface area contributed by atoms with E-state index in [1.165, 1.54) is 6.07 Å². The average molecular weight is 670 g/mol. The maximum absolute atomic E-state index is 8.80. The third-order valence-electron chi connectivity index (χ3n) is 9.87. The predicted octanol–water partition coefficient (Wildman–Crippen LogP) is 11.4. The zero-order valence-corrected chi connectivity index (χ0v) is 28.9. The average Bonchev–Trinajstić information content (AvgIpc) is 3.70. The van der Waals surface area contributed by atoms with Gasteiger partial charge in [0, 0.05) is 55.0 Å². The van der Waals surface area contributed by atoms with E-state index >= 15 is 0 Å². The first kappa shape index (κ1) is 21.0. The van der Waals surface area contributed by atoms with Crippen LogP contribution in [0.15, 0.2) is 83.3 Å². The molecule has 0 aliphatic heterocycles. The summed E-state index contributed by atoms with van der Waals surface area (Å²) in [7, 11) is 1.83. The van der Waals surface area contributed by atoms with Crippen LogP contribution in [0.1, 0.15) is 95.3 Å². The second kappa shape index (κ2) is 11.7. The van der Waals surface area contributed by atoms with Crippen molar-refractivity contribution >= 4 is 43.9 Å². The summed E-state index contributed by atoms with van der Waals surface area (Å²) < 4.78 is 112. The minimum Gasteiger partial charge on any atom is -0.453 e. The number of para-hydroxylation sites is 1. The Bertz CT molecular complexity index is 3070. The van der Waals surface area contributed by atoms with Gasteiger partial charge in [-0.3, -0.25) is 0 Å². The Balaban J connectivity index is 1.63. The highest BCUT2D eigenvalue weighted by Gasteiger charge is 2.35. The zero-order valence-electron chi connectivity index (χ0n) is 40.9. The molecule has 8 rings (SSSR count). The fourth-order valence-corrected chi connectivity index (χ4v) is 7.53. The summed E-state index contributed by atoms with van der Waals surface area (Å²) in [5.41, 5.74) is 6.28. The topological polar surface area (TPSA) is 47.7 Å². The fraction of sp³-hybridized carbons (Fsp3) is 0.267. The van der Waals surface area contributed by atoms with E-state index in [0.29, 0.717) is 28.0 Å². The summed E-state index contributed by atoms with van der Waals surface area (Å²) in [6.45, 7) is -0.792. The number of hydrogen-bond acceptors (Lipinski definition) is 3. The summed E-state index contributed by atoms with van der Waals surface area (Å²) in [5.74, 6) is -0.311. The van der Waals surface area contributed by atoms with Crippen molar-refractivity contribution in [2.45, 2.75) is 73.9 Å². The third kappa shape index (κ3) is 4.70. The summed E-state index contributed by atoms with van der Waals surface area (Å²) in [5, 5.41) is 0.507. The molecule has 0 saturated heterocycles. The van der Waals surface area contributed by atoms with Crippen LogP contribution in [0.5, 0.6) is 0 Å². The van der Waals surface area contributed by atoms with Gasteiger partial charge in [0.15, 0.2) is 22.2 Å². The van der Waals surface area contributed by atoms with Crippen molar-refractivity contribution in [1.82, 2.24) is 14.5 Å². The second-order valence-corrected chi connectivity index (χ2v) is 13.7. The molecule has 0 N–H and O–H groups in total. The van der Waals surface area contributed by atoms with Crippen LogP contribution in [0.2, 0.25) is 0 Å². The molecular formula is C45H45N4O+. The van der Waals surface area contributed by atoms with E-state index in [1.54, 1.807) is 31.2 Å². The molecule has 0 radical (unpaired) electrons. The summed E-state index contributed by atoms with van der Waals surface area (Å²) >= 11 is 0. The Hall–Kier alpha value is -5.29. The zero-order chi connectivity index (χ0) is 45.2. The van der Waals surface area contributed by atoms with E-state index < -0.39 is 38.9 Å². The predicted molar refractivity (Wildman–Crippen MR) is 208 cm³/mol. The molecule has 0 aliphatic carbocycles. The minimum atomic E-state index is -2.89. The number of aromatic nitrogens is 4. The SMILES string of the molecule is [2H]C([2H])([2H])c1nc(C([2H])([2H])[2H])c2ccc3c(oc4c(-c5n(-c6c(C(C)C)cc(-c7ccccc7)cc6C(C)C)c6c(C([2H])([2H])[2H])cccc6[n+]5C)c(C)cc(C([2H])([2H])[2H])c43)c2n1. The fourth-order valence-electron chi connectivity index (χ4n) is 7.53. The molecule has 0 spiro atoms. The van der Waals surface area contributed by atoms with Gasteiger partial charge >= 0.3 is 0 Å². The van der Waals surface area contributed by atoms with Crippen LogP contribution in [0, 0.1) is 34.3 Å². The van der Waals surface area contributed by atoms with Gasteiger partial charge in [-0.2, -0.15) is 4.57 Å². The molecule has 3 heterocycles. The highest BCUT2D eigenvalue weighted by atomic mass is 16.3. The Kier molecular flexibility index (Phi) is 4.91. The molecule has 0 bridgehead atoms. The molecule has 3 aromatic heterocycles. The molecular weight excluding hydrogens is 613 g/mol. The van der Waals surface area contributed by atoms with Crippen LogP contribution in [0.4, 0.5) is 0 Å². The van der Waals surface area contributed by atoms with Gasteiger partial charge in [-0.15, -0.1) is 0 Å². The lowest BCUT2D eigenvalue weighted by atomic mass is 9.88. The van der Waals surface area contributed by atoms with E-state index in [1.807, 2.05) is 40.4 Å². The quantitative estimate of drug-likeness (QED) is 0.171. The van der Waals surface area contributed by atoms with Gasteiger partial charge in [0.25, 0.3) is 5.82 Å². The first-order valence-corrected chi connectivity index (χ1v) is 16.8. The molecule has 0 unspecified atom stereocenters. The maximum atomic E-state index is 8.80. The van der Waals surface area contributed by atoms with Gasteiger partial charge in [0.05, 0.1) is 7.05 Å². The van der Waals surface area contributed by atoms with Crippen molar-refractivity contribution < 1.29 is 25.4 Å². The number of furan rings is 1. The molecule has 0 saturated carbocycles. The molecule has 5 heteroatoms. The smallest absolute Gasteiger partial charge is 0.299 e. The Morgan fingerprint density at radius 2 is 1.46 bits per heavy atom. The molecule has 0 fully saturated rings. The second-order valence-electron chi connectivity index (χ2n) is 13.7. The summed E-state index contributed by atoms with van der Waals surface area (Å²) in [6.07, 6.45) is 0. The maximum Gasteiger partial charge on any atom is 0.299 e. The number of nitrogens with zero attached hydrogens (tertiary/aromatic N) is 4. The molecule has 250 valence electrons. The molecule has 0 aliphatic rings. The van der Waals surface area contributed by atoms with Crippen molar-refractivity contribution in [1.29, 1.82) is 0 Å². The van der Waals surface area contributed by atoms with E-state index in [4.69, 9.17) is 20.9 Å². The van der Waals surface area contributed by atoms with Crippen molar-refractivity contribution in [3.8, 4) is 28.2 Å². The molecule has 8 aromatic rings. The molecule has 5 aromatic carbocycles. The number of hydrogen-bond donors (Lipinski definition) is 0. The van der Waals surface area contributed by atoms with Gasteiger partial charge in [-0.05, 0) is 92.7 Å². The molecule has 0 amide bonds. The van der Waals surface area contributed by atoms with Gasteiger partial charge < -0.3 is 4.42 Å². The van der Waals surface area contributed by atoms with Crippen LogP contribution in [0.25, 0.3) is 72.1 Å². The summed E-state index contributed by atoms with van der Waals surface area (Å²) in [4.78, 5) is 8.38. The number of imidazole rings is 1. The van der Waals surface area contributed by atoms with Crippen LogP contribution in [-0.4, -0.2) is 14.5 Å². The number of fused-ring (bicyclic) bond motifs is 6. The van der Waals surface area contributed by atoms with Gasteiger partial charge in [-0.1, -0.05) is 82.3 Å². The van der Waals surface area contributed by atoms with Crippen molar-refractivity contribution in [3.63, 3.8) is 0 Å². The number of aryl methyl sites for hydroxylation is 6. The molecule has 5 nitrogen and oxygen atoms in total. The van der Waals surface area contributed by atoms with Crippen molar-refractivity contribution in [2.24, 2.45) is 7.05 Å². The van der Waals surface area contributed by atoms with Gasteiger partial charge in [-0.25, -0.2) is 14.5 Å². The molecule has 50 heavy (non-hydrogen) atoms. The van der Waals surface area contributed by atoms with Crippen LogP contribution in [0.3, 0.4) is 0 Å². The van der Waals surface area contributed by atoms with E-state index in [9.17, 15) is 0 Å². The van der Waals surface area contributed by atoms with E-state index in [2.05, 4.69) is 61.9 Å². The van der Waals surface area contributed by atoms with Crippen LogP contribution < -0.4 is 4.57 Å². The Morgan fingerprint density at radius 1 is 0.720 bits per heavy atom. The third-order valence-corrected chi connectivity index (χ3v) is 9.87. The largest absolute Gasteiger partial charge is 0.453 e. The lowest BCUT2D eigenvalue weighted by Gasteiger charge is -2.21. The van der Waals surface area contributed by atoms with Crippen LogP contribution >= 0.6 is 0 Å². The number of rotatable bonds is 5. The highest BCUT2D eigenvalue weighted by molar-refractivity contribution is 6.17. The minimum absolute atomic E-state index is 0.0142. The van der Waals surface area contributed by atoms with Gasteiger partial charge in [0.1, 0.15) is 22.6 Å². The van der Waals surface area contributed by atoms with Crippen molar-refractivity contribution in [3.05, 3.63) is 118 Å². The standard InChI is InChI=1S/C45H45N4O/c1-24(2)35-22-32(31-16-12-11-13-17-31)23-36(25(3)4)42(35)49-41-26(5)15-14-18-37(41)48(10)45(49)39-28(7)21-27(6)38-34-20-19-33-29(8)46-30(9)47-40(33)43(34)50-44(38)39/h11-25H,1-10H3/q+1/i5D3,6D3,8D3,9D3. The monoisotopic (exact) mass is 669 g/mol. The first-order chi connectivity index (χ1) is 28.8. The van der Waals surface area contributed by atoms with Crippen molar-refractivity contribution in [2.75, 3.05) is 0 Å². The molecule has 0 atom stereocenters. The van der Waals surface area contributed by atoms with Crippen LogP contribution in [-0.2, 0) is 7.05 Å². The normalized spacial score (nSPS) is 16.7. The highest BCUT2D eigenvalue weighted by Crippen LogP contribution is 2.45. The lowest BCUT2D eigenvalue weighted by Crippen LogP contribution is -2.30. The Labute approximate surface area is 311 Å². The first-order valence-electron chi connectivity index (χ1n) is 22.8.